The second-order valence-electron chi connectivity index (χ2n) is 4.75. The zero-order chi connectivity index (χ0) is 18.2. The van der Waals surface area contributed by atoms with Gasteiger partial charge < -0.3 is 9.47 Å². The highest BCUT2D eigenvalue weighted by Crippen LogP contribution is 2.14. The van der Waals surface area contributed by atoms with Crippen LogP contribution in [0.15, 0.2) is 41.1 Å². The fraction of sp³-hybridized carbons (Fsp3) is 0.188. The first-order chi connectivity index (χ1) is 11.9. The molecule has 0 aliphatic carbocycles. The summed E-state index contributed by atoms with van der Waals surface area (Å²) in [7, 11) is 0. The second kappa shape index (κ2) is 8.88. The van der Waals surface area contributed by atoms with Gasteiger partial charge in [0.2, 0.25) is 0 Å². The highest BCUT2D eigenvalue weighted by atomic mass is 32.1. The number of carbonyl (C=O) groups excluding carboxylic acids is 3. The third-order valence-corrected chi connectivity index (χ3v) is 3.62. The molecule has 9 heteroatoms. The van der Waals surface area contributed by atoms with Gasteiger partial charge in [-0.15, -0.1) is 0 Å². The maximum atomic E-state index is 12.0. The van der Waals surface area contributed by atoms with Crippen molar-refractivity contribution in [1.29, 1.82) is 0 Å². The SMILES string of the molecule is O=C(COC(=O)Cc1ccsc1)NC(=O)c1ccc(OC(F)F)cc1. The van der Waals surface area contributed by atoms with Crippen molar-refractivity contribution in [3.05, 3.63) is 52.2 Å². The number of carbonyl (C=O) groups is 3. The molecule has 0 bridgehead atoms. The molecule has 2 rings (SSSR count). The van der Waals surface area contributed by atoms with E-state index in [4.69, 9.17) is 4.74 Å². The monoisotopic (exact) mass is 369 g/mol. The largest absolute Gasteiger partial charge is 0.455 e. The zero-order valence-electron chi connectivity index (χ0n) is 12.7. The van der Waals surface area contributed by atoms with E-state index in [2.05, 4.69) is 4.74 Å². The number of esters is 1. The molecule has 0 aliphatic heterocycles. The normalized spacial score (nSPS) is 10.4. The van der Waals surface area contributed by atoms with Gasteiger partial charge in [-0.2, -0.15) is 20.1 Å². The second-order valence-corrected chi connectivity index (χ2v) is 5.53. The van der Waals surface area contributed by atoms with Crippen molar-refractivity contribution >= 4 is 29.1 Å². The predicted molar refractivity (Wildman–Crippen MR) is 84.5 cm³/mol. The molecule has 1 aromatic carbocycles. The summed E-state index contributed by atoms with van der Waals surface area (Å²) < 4.78 is 33.0. The molecular formula is C16H13F2NO5S. The first kappa shape index (κ1) is 18.5. The minimum atomic E-state index is -2.97. The molecule has 2 amide bonds. The number of nitrogens with one attached hydrogen (secondary N) is 1. The van der Waals surface area contributed by atoms with E-state index in [0.717, 1.165) is 5.56 Å². The van der Waals surface area contributed by atoms with Gasteiger partial charge in [-0.25, -0.2) is 0 Å². The lowest BCUT2D eigenvalue weighted by Crippen LogP contribution is -2.34. The minimum absolute atomic E-state index is 0.0380. The standard InChI is InChI=1S/C16H13F2NO5S/c17-16(18)24-12-3-1-11(2-4-12)15(22)19-13(20)8-23-14(21)7-10-5-6-25-9-10/h1-6,9,16H,7-8H2,(H,19,20,22). The molecule has 132 valence electrons. The van der Waals surface area contributed by atoms with Crippen LogP contribution in [0.1, 0.15) is 15.9 Å². The van der Waals surface area contributed by atoms with Gasteiger partial charge in [-0.05, 0) is 46.7 Å². The fourth-order valence-electron chi connectivity index (χ4n) is 1.78. The van der Waals surface area contributed by atoms with E-state index in [1.165, 1.54) is 35.6 Å². The van der Waals surface area contributed by atoms with E-state index in [1.54, 1.807) is 11.4 Å². The Balaban J connectivity index is 1.77. The summed E-state index contributed by atoms with van der Waals surface area (Å²) in [5, 5.41) is 5.62. The first-order valence-corrected chi connectivity index (χ1v) is 7.94. The van der Waals surface area contributed by atoms with E-state index >= 15 is 0 Å². The lowest BCUT2D eigenvalue weighted by Gasteiger charge is -2.07. The molecule has 1 aromatic heterocycles. The van der Waals surface area contributed by atoms with Crippen molar-refractivity contribution in [2.45, 2.75) is 13.0 Å². The van der Waals surface area contributed by atoms with Crippen LogP contribution in [0.3, 0.4) is 0 Å². The van der Waals surface area contributed by atoms with Crippen LogP contribution in [0.4, 0.5) is 8.78 Å². The number of rotatable bonds is 7. The summed E-state index contributed by atoms with van der Waals surface area (Å²) in [6, 6.07) is 6.56. The fourth-order valence-corrected chi connectivity index (χ4v) is 2.45. The van der Waals surface area contributed by atoms with Gasteiger partial charge in [0, 0.05) is 5.56 Å². The smallest absolute Gasteiger partial charge is 0.387 e. The van der Waals surface area contributed by atoms with Crippen LogP contribution < -0.4 is 10.1 Å². The number of ether oxygens (including phenoxy) is 2. The molecule has 0 saturated heterocycles. The summed E-state index contributed by atoms with van der Waals surface area (Å²) >= 11 is 1.43. The van der Waals surface area contributed by atoms with Gasteiger partial charge in [0.25, 0.3) is 11.8 Å². The average Bonchev–Trinajstić information content (AvgIpc) is 3.06. The number of hydrogen-bond acceptors (Lipinski definition) is 6. The van der Waals surface area contributed by atoms with Crippen molar-refractivity contribution in [3.8, 4) is 5.75 Å². The van der Waals surface area contributed by atoms with E-state index in [-0.39, 0.29) is 17.7 Å². The highest BCUT2D eigenvalue weighted by molar-refractivity contribution is 7.07. The molecular weight excluding hydrogens is 356 g/mol. The molecule has 0 unspecified atom stereocenters. The van der Waals surface area contributed by atoms with E-state index in [1.807, 2.05) is 10.7 Å². The van der Waals surface area contributed by atoms with Gasteiger partial charge in [0.1, 0.15) is 5.75 Å². The molecule has 1 N–H and O–H groups in total. The molecule has 0 spiro atoms. The van der Waals surface area contributed by atoms with Crippen molar-refractivity contribution in [2.24, 2.45) is 0 Å². The van der Waals surface area contributed by atoms with Crippen molar-refractivity contribution in [3.63, 3.8) is 0 Å². The van der Waals surface area contributed by atoms with Crippen LogP contribution in [0.2, 0.25) is 0 Å². The van der Waals surface area contributed by atoms with Crippen LogP contribution in [0.25, 0.3) is 0 Å². The van der Waals surface area contributed by atoms with Crippen molar-refractivity contribution < 1.29 is 32.6 Å². The molecule has 0 saturated carbocycles. The molecule has 2 aromatic rings. The minimum Gasteiger partial charge on any atom is -0.455 e. The number of alkyl halides is 2. The number of halogens is 2. The average molecular weight is 369 g/mol. The number of thiophene rings is 1. The third-order valence-electron chi connectivity index (χ3n) is 2.89. The molecule has 0 fully saturated rings. The summed E-state index contributed by atoms with van der Waals surface area (Å²) in [5.74, 6) is -2.24. The van der Waals surface area contributed by atoms with E-state index in [0.29, 0.717) is 0 Å². The molecule has 0 atom stereocenters. The van der Waals surface area contributed by atoms with Crippen LogP contribution in [0, 0.1) is 0 Å². The Morgan fingerprint density at radius 2 is 1.84 bits per heavy atom. The molecule has 1 heterocycles. The third kappa shape index (κ3) is 6.30. The number of hydrogen-bond donors (Lipinski definition) is 1. The summed E-state index contributed by atoms with van der Waals surface area (Å²) in [6.45, 7) is -3.56. The zero-order valence-corrected chi connectivity index (χ0v) is 13.6. The summed E-state index contributed by atoms with van der Waals surface area (Å²) in [6.07, 6.45) is 0.0380. The molecule has 25 heavy (non-hydrogen) atoms. The highest BCUT2D eigenvalue weighted by Gasteiger charge is 2.13. The van der Waals surface area contributed by atoms with Gasteiger partial charge >= 0.3 is 12.6 Å². The topological polar surface area (TPSA) is 81.7 Å². The quantitative estimate of drug-likeness (QED) is 0.758. The van der Waals surface area contributed by atoms with Crippen LogP contribution in [0.5, 0.6) is 5.75 Å². The summed E-state index contributed by atoms with van der Waals surface area (Å²) in [4.78, 5) is 35.0. The Morgan fingerprint density at radius 1 is 1.12 bits per heavy atom. The Hall–Kier alpha value is -2.81. The maximum absolute atomic E-state index is 12.0. The van der Waals surface area contributed by atoms with Crippen LogP contribution in [-0.2, 0) is 20.7 Å². The number of benzene rings is 1. The van der Waals surface area contributed by atoms with Crippen LogP contribution in [-0.4, -0.2) is 31.0 Å². The predicted octanol–water partition coefficient (Wildman–Crippen LogP) is 2.39. The Morgan fingerprint density at radius 3 is 2.44 bits per heavy atom. The van der Waals surface area contributed by atoms with Gasteiger partial charge in [-0.3, -0.25) is 19.7 Å². The van der Waals surface area contributed by atoms with E-state index in [9.17, 15) is 23.2 Å². The molecule has 6 nitrogen and oxygen atoms in total. The number of amides is 2. The lowest BCUT2D eigenvalue weighted by atomic mass is 10.2. The Kier molecular flexibility index (Phi) is 6.58. The van der Waals surface area contributed by atoms with Crippen molar-refractivity contribution in [1.82, 2.24) is 5.32 Å². The van der Waals surface area contributed by atoms with Gasteiger partial charge in [0.15, 0.2) is 6.61 Å². The van der Waals surface area contributed by atoms with E-state index < -0.39 is 31.0 Å². The first-order valence-electron chi connectivity index (χ1n) is 7.00. The van der Waals surface area contributed by atoms with Crippen LogP contribution >= 0.6 is 11.3 Å². The van der Waals surface area contributed by atoms with Crippen molar-refractivity contribution in [2.75, 3.05) is 6.61 Å². The number of imide groups is 1. The lowest BCUT2D eigenvalue weighted by molar-refractivity contribution is -0.147. The maximum Gasteiger partial charge on any atom is 0.387 e. The molecule has 0 aliphatic rings. The Labute approximate surface area is 145 Å². The summed E-state index contributed by atoms with van der Waals surface area (Å²) in [5.41, 5.74) is 0.845. The Bertz CT molecular complexity index is 731. The van der Waals surface area contributed by atoms with Gasteiger partial charge in [-0.1, -0.05) is 0 Å². The van der Waals surface area contributed by atoms with Gasteiger partial charge in [0.05, 0.1) is 6.42 Å². The molecule has 0 radical (unpaired) electrons.